The monoisotopic (exact) mass is 186 g/mol. The Morgan fingerprint density at radius 1 is 1.23 bits per heavy atom. The van der Waals surface area contributed by atoms with Gasteiger partial charge in [-0.2, -0.15) is 0 Å². The van der Waals surface area contributed by atoms with Gasteiger partial charge in [-0.1, -0.05) is 40.0 Å². The summed E-state index contributed by atoms with van der Waals surface area (Å²) in [7, 11) is 0. The standard InChI is InChI=1S/C11H22O2/c1-4-6-7-9-13-11(12)10(3)8-5-2/h10H,4-9H2,1-3H3. The van der Waals surface area contributed by atoms with Crippen molar-refractivity contribution in [3.8, 4) is 0 Å². The van der Waals surface area contributed by atoms with E-state index in [1.807, 2.05) is 6.92 Å². The first kappa shape index (κ1) is 12.5. The van der Waals surface area contributed by atoms with Gasteiger partial charge in [0.15, 0.2) is 0 Å². The first-order valence-corrected chi connectivity index (χ1v) is 5.39. The number of carbonyl (C=O) groups is 1. The van der Waals surface area contributed by atoms with Crippen LogP contribution in [0, 0.1) is 5.92 Å². The summed E-state index contributed by atoms with van der Waals surface area (Å²) in [5.74, 6) is 0.0459. The Labute approximate surface area is 81.7 Å². The van der Waals surface area contributed by atoms with Crippen LogP contribution in [-0.2, 0) is 9.53 Å². The van der Waals surface area contributed by atoms with Crippen LogP contribution in [0.2, 0.25) is 0 Å². The Balaban J connectivity index is 3.38. The van der Waals surface area contributed by atoms with Crippen molar-refractivity contribution in [3.63, 3.8) is 0 Å². The van der Waals surface area contributed by atoms with Gasteiger partial charge in [-0.3, -0.25) is 4.79 Å². The van der Waals surface area contributed by atoms with Crippen molar-refractivity contribution in [3.05, 3.63) is 0 Å². The van der Waals surface area contributed by atoms with E-state index in [9.17, 15) is 4.79 Å². The zero-order valence-electron chi connectivity index (χ0n) is 9.14. The lowest BCUT2D eigenvalue weighted by Crippen LogP contribution is -2.15. The molecule has 0 heterocycles. The number of hydrogen-bond acceptors (Lipinski definition) is 2. The molecule has 0 radical (unpaired) electrons. The van der Waals surface area contributed by atoms with E-state index in [1.165, 1.54) is 6.42 Å². The minimum absolute atomic E-state index is 0.0297. The lowest BCUT2D eigenvalue weighted by molar-refractivity contribution is -0.148. The van der Waals surface area contributed by atoms with E-state index >= 15 is 0 Å². The molecular weight excluding hydrogens is 164 g/mol. The molecule has 78 valence electrons. The SMILES string of the molecule is CCCCCOC(=O)C(C)CCC. The van der Waals surface area contributed by atoms with E-state index < -0.39 is 0 Å². The van der Waals surface area contributed by atoms with Gasteiger partial charge in [-0.15, -0.1) is 0 Å². The van der Waals surface area contributed by atoms with Crippen LogP contribution in [0.15, 0.2) is 0 Å². The van der Waals surface area contributed by atoms with Crippen molar-refractivity contribution >= 4 is 5.97 Å². The van der Waals surface area contributed by atoms with E-state index in [1.54, 1.807) is 0 Å². The molecule has 13 heavy (non-hydrogen) atoms. The molecule has 1 unspecified atom stereocenters. The van der Waals surface area contributed by atoms with Gasteiger partial charge in [0.2, 0.25) is 0 Å². The molecule has 0 aromatic carbocycles. The summed E-state index contributed by atoms with van der Waals surface area (Å²) in [4.78, 5) is 11.3. The van der Waals surface area contributed by atoms with Crippen molar-refractivity contribution in [1.29, 1.82) is 0 Å². The zero-order valence-corrected chi connectivity index (χ0v) is 9.14. The molecule has 0 bridgehead atoms. The fraction of sp³-hybridized carbons (Fsp3) is 0.909. The zero-order chi connectivity index (χ0) is 10.1. The second kappa shape index (κ2) is 8.09. The Bertz CT molecular complexity index is 132. The molecule has 0 saturated heterocycles. The van der Waals surface area contributed by atoms with E-state index in [0.29, 0.717) is 6.61 Å². The highest BCUT2D eigenvalue weighted by atomic mass is 16.5. The minimum atomic E-state index is -0.0297. The molecule has 1 atom stereocenters. The van der Waals surface area contributed by atoms with Crippen LogP contribution in [0.3, 0.4) is 0 Å². The summed E-state index contributed by atoms with van der Waals surface area (Å²) in [5, 5.41) is 0. The first-order chi connectivity index (χ1) is 6.22. The van der Waals surface area contributed by atoms with Gasteiger partial charge in [0, 0.05) is 0 Å². The quantitative estimate of drug-likeness (QED) is 0.451. The Morgan fingerprint density at radius 2 is 1.92 bits per heavy atom. The predicted octanol–water partition coefficient (Wildman–Crippen LogP) is 3.16. The average Bonchev–Trinajstić information content (AvgIpc) is 2.12. The normalized spacial score (nSPS) is 12.5. The minimum Gasteiger partial charge on any atom is -0.465 e. The third-order valence-electron chi connectivity index (χ3n) is 2.12. The summed E-state index contributed by atoms with van der Waals surface area (Å²) in [6.45, 7) is 6.76. The van der Waals surface area contributed by atoms with Crippen molar-refractivity contribution in [2.24, 2.45) is 5.92 Å². The number of ether oxygens (including phenoxy) is 1. The number of unbranched alkanes of at least 4 members (excludes halogenated alkanes) is 2. The van der Waals surface area contributed by atoms with Crippen molar-refractivity contribution in [1.82, 2.24) is 0 Å². The molecule has 0 aromatic heterocycles. The topological polar surface area (TPSA) is 26.3 Å². The maximum absolute atomic E-state index is 11.3. The van der Waals surface area contributed by atoms with Crippen LogP contribution >= 0.6 is 0 Å². The second-order valence-corrected chi connectivity index (χ2v) is 3.56. The van der Waals surface area contributed by atoms with Gasteiger partial charge in [-0.25, -0.2) is 0 Å². The summed E-state index contributed by atoms with van der Waals surface area (Å²) in [5.41, 5.74) is 0. The van der Waals surface area contributed by atoms with Gasteiger partial charge >= 0.3 is 5.97 Å². The fourth-order valence-electron chi connectivity index (χ4n) is 1.22. The Morgan fingerprint density at radius 3 is 2.46 bits per heavy atom. The van der Waals surface area contributed by atoms with Crippen LogP contribution < -0.4 is 0 Å². The summed E-state index contributed by atoms with van der Waals surface area (Å²) in [6, 6.07) is 0. The molecule has 0 aliphatic heterocycles. The fourth-order valence-corrected chi connectivity index (χ4v) is 1.22. The van der Waals surface area contributed by atoms with Gasteiger partial charge < -0.3 is 4.74 Å². The van der Waals surface area contributed by atoms with E-state index in [4.69, 9.17) is 4.74 Å². The van der Waals surface area contributed by atoms with Crippen LogP contribution in [0.4, 0.5) is 0 Å². The molecule has 0 spiro atoms. The third-order valence-corrected chi connectivity index (χ3v) is 2.12. The highest BCUT2D eigenvalue weighted by molar-refractivity contribution is 5.71. The number of carbonyl (C=O) groups excluding carboxylic acids is 1. The van der Waals surface area contributed by atoms with Crippen molar-refractivity contribution < 1.29 is 9.53 Å². The van der Waals surface area contributed by atoms with Crippen LogP contribution in [-0.4, -0.2) is 12.6 Å². The Kier molecular flexibility index (Phi) is 7.76. The van der Waals surface area contributed by atoms with Gasteiger partial charge in [-0.05, 0) is 12.8 Å². The number of rotatable bonds is 7. The molecule has 0 fully saturated rings. The summed E-state index contributed by atoms with van der Waals surface area (Å²) in [6.07, 6.45) is 5.30. The number of esters is 1. The van der Waals surface area contributed by atoms with E-state index in [-0.39, 0.29) is 11.9 Å². The van der Waals surface area contributed by atoms with Crippen LogP contribution in [0.25, 0.3) is 0 Å². The van der Waals surface area contributed by atoms with Gasteiger partial charge in [0.05, 0.1) is 12.5 Å². The molecule has 2 heteroatoms. The largest absolute Gasteiger partial charge is 0.465 e. The predicted molar refractivity (Wildman–Crippen MR) is 54.6 cm³/mol. The van der Waals surface area contributed by atoms with Crippen molar-refractivity contribution in [2.75, 3.05) is 6.61 Å². The summed E-state index contributed by atoms with van der Waals surface area (Å²) >= 11 is 0. The third kappa shape index (κ3) is 6.62. The molecule has 0 saturated carbocycles. The number of hydrogen-bond donors (Lipinski definition) is 0. The van der Waals surface area contributed by atoms with Gasteiger partial charge in [0.1, 0.15) is 0 Å². The van der Waals surface area contributed by atoms with Gasteiger partial charge in [0.25, 0.3) is 0 Å². The molecule has 0 aliphatic carbocycles. The smallest absolute Gasteiger partial charge is 0.308 e. The molecule has 2 nitrogen and oxygen atoms in total. The molecule has 0 amide bonds. The molecule has 0 aromatic rings. The highest BCUT2D eigenvalue weighted by Gasteiger charge is 2.12. The molecule has 0 N–H and O–H groups in total. The second-order valence-electron chi connectivity index (χ2n) is 3.56. The molecule has 0 rings (SSSR count). The van der Waals surface area contributed by atoms with Crippen molar-refractivity contribution in [2.45, 2.75) is 52.9 Å². The lowest BCUT2D eigenvalue weighted by Gasteiger charge is -2.09. The maximum atomic E-state index is 11.3. The lowest BCUT2D eigenvalue weighted by atomic mass is 10.1. The summed E-state index contributed by atoms with van der Waals surface area (Å²) < 4.78 is 5.12. The molecule has 0 aliphatic rings. The molecular formula is C11H22O2. The van der Waals surface area contributed by atoms with Crippen LogP contribution in [0.1, 0.15) is 52.9 Å². The van der Waals surface area contributed by atoms with Crippen LogP contribution in [0.5, 0.6) is 0 Å². The average molecular weight is 186 g/mol. The Hall–Kier alpha value is -0.530. The highest BCUT2D eigenvalue weighted by Crippen LogP contribution is 2.07. The maximum Gasteiger partial charge on any atom is 0.308 e. The van der Waals surface area contributed by atoms with E-state index in [2.05, 4.69) is 13.8 Å². The van der Waals surface area contributed by atoms with E-state index in [0.717, 1.165) is 25.7 Å². The first-order valence-electron chi connectivity index (χ1n) is 5.39.